The highest BCUT2D eigenvalue weighted by atomic mass is 35.5. The van der Waals surface area contributed by atoms with E-state index in [-0.39, 0.29) is 11.1 Å². The molecule has 0 spiro atoms. The molecule has 1 heterocycles. The fourth-order valence-corrected chi connectivity index (χ4v) is 2.82. The molecule has 1 saturated heterocycles. The molecule has 3 amide bonds. The van der Waals surface area contributed by atoms with E-state index in [1.807, 2.05) is 24.3 Å². The minimum absolute atomic E-state index is 0.0619. The van der Waals surface area contributed by atoms with Gasteiger partial charge in [-0.15, -0.1) is 0 Å². The summed E-state index contributed by atoms with van der Waals surface area (Å²) >= 11 is 5.95. The van der Waals surface area contributed by atoms with Gasteiger partial charge in [0, 0.05) is 5.02 Å². The van der Waals surface area contributed by atoms with Crippen molar-refractivity contribution in [3.63, 3.8) is 0 Å². The molecule has 2 aromatic rings. The Bertz CT molecular complexity index is 864. The number of nitrogens with zero attached hydrogens (tertiary/aromatic N) is 1. The molecule has 0 radical (unpaired) electrons. The second-order valence-electron chi connectivity index (χ2n) is 6.98. The number of halogens is 1. The Morgan fingerprint density at radius 3 is 2.32 bits per heavy atom. The number of nitrogens with one attached hydrogen (secondary N) is 1. The van der Waals surface area contributed by atoms with Gasteiger partial charge < -0.3 is 5.32 Å². The smallest absolute Gasteiger partial charge is 0.302 e. The molecule has 1 N–H and O–H groups in total. The van der Waals surface area contributed by atoms with Crippen molar-refractivity contribution in [1.29, 1.82) is 0 Å². The number of benzene rings is 2. The summed E-state index contributed by atoms with van der Waals surface area (Å²) in [6, 6.07) is 14.1. The highest BCUT2D eigenvalue weighted by molar-refractivity contribution is 6.32. The second kappa shape index (κ2) is 6.37. The third-order valence-electron chi connectivity index (χ3n) is 4.03. The molecule has 1 fully saturated rings. The predicted octanol–water partition coefficient (Wildman–Crippen LogP) is 4.73. The first-order chi connectivity index (χ1) is 11.8. The number of amides is 3. The van der Waals surface area contributed by atoms with Gasteiger partial charge in [-0.1, -0.05) is 62.7 Å². The van der Waals surface area contributed by atoms with Crippen LogP contribution in [0.3, 0.4) is 0 Å². The highest BCUT2D eigenvalue weighted by Gasteiger charge is 2.34. The molecule has 5 heteroatoms. The van der Waals surface area contributed by atoms with E-state index in [0.717, 1.165) is 10.5 Å². The number of urea groups is 1. The average Bonchev–Trinajstić information content (AvgIpc) is 2.81. The molecule has 0 aromatic heterocycles. The number of imide groups is 1. The van der Waals surface area contributed by atoms with Gasteiger partial charge in [-0.05, 0) is 40.8 Å². The van der Waals surface area contributed by atoms with Crippen molar-refractivity contribution in [3.8, 4) is 0 Å². The molecular formula is C20H19ClN2O2. The van der Waals surface area contributed by atoms with E-state index in [9.17, 15) is 9.59 Å². The Hall–Kier alpha value is -2.59. The quantitative estimate of drug-likeness (QED) is 0.625. The van der Waals surface area contributed by atoms with Gasteiger partial charge in [0.2, 0.25) is 0 Å². The molecule has 0 saturated carbocycles. The molecule has 0 bridgehead atoms. The number of hydrogen-bond acceptors (Lipinski definition) is 2. The zero-order chi connectivity index (χ0) is 18.2. The van der Waals surface area contributed by atoms with E-state index in [1.165, 1.54) is 5.56 Å². The summed E-state index contributed by atoms with van der Waals surface area (Å²) in [4.78, 5) is 25.9. The number of carbonyl (C=O) groups excluding carboxylic acids is 2. The molecule has 0 atom stereocenters. The van der Waals surface area contributed by atoms with E-state index in [2.05, 4.69) is 26.1 Å². The topological polar surface area (TPSA) is 49.4 Å². The van der Waals surface area contributed by atoms with E-state index in [0.29, 0.717) is 10.7 Å². The first kappa shape index (κ1) is 17.2. The molecule has 0 unspecified atom stereocenters. The Morgan fingerprint density at radius 2 is 1.72 bits per heavy atom. The van der Waals surface area contributed by atoms with Crippen LogP contribution < -0.4 is 10.2 Å². The van der Waals surface area contributed by atoms with Crippen LogP contribution in [0, 0.1) is 0 Å². The van der Waals surface area contributed by atoms with Crippen molar-refractivity contribution in [2.45, 2.75) is 26.2 Å². The van der Waals surface area contributed by atoms with Crippen molar-refractivity contribution in [1.82, 2.24) is 5.32 Å². The number of anilines is 1. The summed E-state index contributed by atoms with van der Waals surface area (Å²) in [7, 11) is 0. The lowest BCUT2D eigenvalue weighted by Crippen LogP contribution is -2.30. The minimum Gasteiger partial charge on any atom is -0.302 e. The van der Waals surface area contributed by atoms with Crippen molar-refractivity contribution < 1.29 is 9.59 Å². The Balaban J connectivity index is 1.88. The molecule has 4 nitrogen and oxygen atoms in total. The van der Waals surface area contributed by atoms with Crippen molar-refractivity contribution >= 4 is 35.3 Å². The van der Waals surface area contributed by atoms with Crippen molar-refractivity contribution in [3.05, 3.63) is 70.4 Å². The highest BCUT2D eigenvalue weighted by Crippen LogP contribution is 2.26. The molecule has 1 aliphatic heterocycles. The summed E-state index contributed by atoms with van der Waals surface area (Å²) in [6.07, 6.45) is 1.68. The monoisotopic (exact) mass is 354 g/mol. The van der Waals surface area contributed by atoms with Crippen molar-refractivity contribution in [2.75, 3.05) is 4.90 Å². The third kappa shape index (κ3) is 3.59. The number of hydrogen-bond donors (Lipinski definition) is 1. The lowest BCUT2D eigenvalue weighted by atomic mass is 9.87. The average molecular weight is 355 g/mol. The summed E-state index contributed by atoms with van der Waals surface area (Å²) in [6.45, 7) is 6.43. The van der Waals surface area contributed by atoms with Gasteiger partial charge in [-0.3, -0.25) is 4.79 Å². The van der Waals surface area contributed by atoms with E-state index < -0.39 is 11.9 Å². The Labute approximate surface area is 152 Å². The molecule has 3 rings (SSSR count). The van der Waals surface area contributed by atoms with Gasteiger partial charge in [-0.25, -0.2) is 9.69 Å². The first-order valence-corrected chi connectivity index (χ1v) is 8.37. The van der Waals surface area contributed by atoms with Crippen LogP contribution in [0.1, 0.15) is 31.9 Å². The predicted molar refractivity (Wildman–Crippen MR) is 101 cm³/mol. The van der Waals surface area contributed by atoms with Gasteiger partial charge in [-0.2, -0.15) is 0 Å². The van der Waals surface area contributed by atoms with Crippen LogP contribution >= 0.6 is 11.6 Å². The van der Waals surface area contributed by atoms with E-state index in [1.54, 1.807) is 30.3 Å². The largest absolute Gasteiger partial charge is 0.333 e. The third-order valence-corrected chi connectivity index (χ3v) is 4.27. The first-order valence-electron chi connectivity index (χ1n) is 7.99. The zero-order valence-electron chi connectivity index (χ0n) is 14.3. The van der Waals surface area contributed by atoms with Gasteiger partial charge in [0.25, 0.3) is 5.91 Å². The van der Waals surface area contributed by atoms with Gasteiger partial charge >= 0.3 is 6.03 Å². The van der Waals surface area contributed by atoms with Gasteiger partial charge in [0.1, 0.15) is 5.70 Å². The van der Waals surface area contributed by atoms with Crippen molar-refractivity contribution in [2.24, 2.45) is 0 Å². The molecule has 25 heavy (non-hydrogen) atoms. The maximum absolute atomic E-state index is 12.6. The van der Waals surface area contributed by atoms with Crippen LogP contribution in [-0.4, -0.2) is 11.9 Å². The Morgan fingerprint density at radius 1 is 1.04 bits per heavy atom. The SMILES string of the molecule is CC(C)(C)c1ccc(/C=C2\NC(=O)N(c3cccc(Cl)c3)C2=O)cc1. The van der Waals surface area contributed by atoms with Gasteiger partial charge in [0.05, 0.1) is 5.69 Å². The second-order valence-corrected chi connectivity index (χ2v) is 7.42. The zero-order valence-corrected chi connectivity index (χ0v) is 15.1. The van der Waals surface area contributed by atoms with Crippen LogP contribution in [0.15, 0.2) is 54.2 Å². The van der Waals surface area contributed by atoms with Crippen LogP contribution in [0.2, 0.25) is 5.02 Å². The van der Waals surface area contributed by atoms with Gasteiger partial charge in [0.15, 0.2) is 0 Å². The number of rotatable bonds is 2. The Kier molecular flexibility index (Phi) is 4.39. The maximum atomic E-state index is 12.6. The molecule has 128 valence electrons. The fourth-order valence-electron chi connectivity index (χ4n) is 2.63. The lowest BCUT2D eigenvalue weighted by Gasteiger charge is -2.18. The van der Waals surface area contributed by atoms with Crippen LogP contribution in [0.4, 0.5) is 10.5 Å². The summed E-state index contributed by atoms with van der Waals surface area (Å²) in [5.74, 6) is -0.396. The molecule has 1 aliphatic rings. The molecule has 0 aliphatic carbocycles. The van der Waals surface area contributed by atoms with Crippen LogP contribution in [-0.2, 0) is 10.2 Å². The standard InChI is InChI=1S/C20H19ClN2O2/c1-20(2,3)14-9-7-13(8-10-14)11-17-18(24)23(19(25)22-17)16-6-4-5-15(21)12-16/h4-12H,1-3H3,(H,22,25)/b17-11-. The summed E-state index contributed by atoms with van der Waals surface area (Å²) < 4.78 is 0. The lowest BCUT2D eigenvalue weighted by molar-refractivity contribution is -0.113. The summed E-state index contributed by atoms with van der Waals surface area (Å²) in [5.41, 5.74) is 2.81. The number of carbonyl (C=O) groups is 2. The van der Waals surface area contributed by atoms with E-state index in [4.69, 9.17) is 11.6 Å². The van der Waals surface area contributed by atoms with Crippen LogP contribution in [0.5, 0.6) is 0 Å². The normalized spacial score (nSPS) is 16.5. The molecular weight excluding hydrogens is 336 g/mol. The maximum Gasteiger partial charge on any atom is 0.333 e. The fraction of sp³-hybridized carbons (Fsp3) is 0.200. The molecule has 2 aromatic carbocycles. The van der Waals surface area contributed by atoms with E-state index >= 15 is 0 Å². The summed E-state index contributed by atoms with van der Waals surface area (Å²) in [5, 5.41) is 3.09. The van der Waals surface area contributed by atoms with Crippen LogP contribution in [0.25, 0.3) is 6.08 Å². The minimum atomic E-state index is -0.482.